The summed E-state index contributed by atoms with van der Waals surface area (Å²) >= 11 is 0. The van der Waals surface area contributed by atoms with Gasteiger partial charge in [-0.15, -0.1) is 0 Å². The van der Waals surface area contributed by atoms with Gasteiger partial charge in [0.05, 0.1) is 23.1 Å². The van der Waals surface area contributed by atoms with E-state index >= 15 is 0 Å². The molecule has 2 aromatic carbocycles. The Morgan fingerprint density at radius 1 is 1.17 bits per heavy atom. The number of nitrogens with zero attached hydrogens (tertiary/aromatic N) is 3. The van der Waals surface area contributed by atoms with Crippen molar-refractivity contribution >= 4 is 17.0 Å². The number of piperidine rings is 1. The highest BCUT2D eigenvalue weighted by molar-refractivity contribution is 5.92. The second kappa shape index (κ2) is 7.65. The smallest absolute Gasteiger partial charge is 0.335 e. The predicted molar refractivity (Wildman–Crippen MR) is 112 cm³/mol. The number of likely N-dealkylation sites (tertiary alicyclic amines) is 1. The highest BCUT2D eigenvalue weighted by atomic mass is 16.6. The molecule has 7 heteroatoms. The van der Waals surface area contributed by atoms with E-state index in [1.165, 1.54) is 5.56 Å². The molecule has 0 aliphatic carbocycles. The molecule has 2 aliphatic heterocycles. The first-order valence-corrected chi connectivity index (χ1v) is 10.4. The molecule has 156 valence electrons. The summed E-state index contributed by atoms with van der Waals surface area (Å²) < 4.78 is 13.7. The maximum atomic E-state index is 11.3. The van der Waals surface area contributed by atoms with Crippen molar-refractivity contribution in [2.75, 3.05) is 26.3 Å². The quantitative estimate of drug-likeness (QED) is 0.714. The number of ether oxygens (including phenoxy) is 2. The standard InChI is InChI=1S/C23H25N3O4/c1-25-19-13-16(23(27)28)5-6-18(19)24-21(25)14-26-9-7-15(8-10-26)17-3-2-4-20-22(17)30-12-11-29-20/h2-6,13,15H,7-12,14H2,1H3,(H,27,28). The van der Waals surface area contributed by atoms with E-state index in [9.17, 15) is 9.90 Å². The van der Waals surface area contributed by atoms with Crippen LogP contribution in [0.15, 0.2) is 36.4 Å². The monoisotopic (exact) mass is 407 g/mol. The highest BCUT2D eigenvalue weighted by Gasteiger charge is 2.26. The molecule has 3 aromatic rings. The van der Waals surface area contributed by atoms with E-state index < -0.39 is 5.97 Å². The number of aryl methyl sites for hydroxylation is 1. The van der Waals surface area contributed by atoms with Crippen molar-refractivity contribution in [3.8, 4) is 11.5 Å². The van der Waals surface area contributed by atoms with Gasteiger partial charge in [0.2, 0.25) is 0 Å². The van der Waals surface area contributed by atoms with E-state index in [1.807, 2.05) is 17.7 Å². The molecule has 5 rings (SSSR count). The van der Waals surface area contributed by atoms with Gasteiger partial charge in [-0.25, -0.2) is 9.78 Å². The Balaban J connectivity index is 1.29. The second-order valence-electron chi connectivity index (χ2n) is 8.02. The van der Waals surface area contributed by atoms with Crippen molar-refractivity contribution in [3.05, 3.63) is 53.3 Å². The Bertz CT molecular complexity index is 1100. The van der Waals surface area contributed by atoms with Gasteiger partial charge in [-0.1, -0.05) is 12.1 Å². The van der Waals surface area contributed by atoms with Crippen LogP contribution in [0.1, 0.15) is 40.5 Å². The Kier molecular flexibility index (Phi) is 4.83. The largest absolute Gasteiger partial charge is 0.486 e. The Hall–Kier alpha value is -3.06. The zero-order valence-corrected chi connectivity index (χ0v) is 17.0. The highest BCUT2D eigenvalue weighted by Crippen LogP contribution is 2.41. The summed E-state index contributed by atoms with van der Waals surface area (Å²) in [4.78, 5) is 18.4. The number of benzene rings is 2. The first-order valence-electron chi connectivity index (χ1n) is 10.4. The van der Waals surface area contributed by atoms with Crippen LogP contribution in [0.5, 0.6) is 11.5 Å². The molecule has 1 aromatic heterocycles. The number of para-hydroxylation sites is 1. The molecule has 0 radical (unpaired) electrons. The molecular weight excluding hydrogens is 382 g/mol. The molecule has 0 spiro atoms. The van der Waals surface area contributed by atoms with E-state index in [0.717, 1.165) is 60.8 Å². The third kappa shape index (κ3) is 3.39. The Morgan fingerprint density at radius 2 is 1.97 bits per heavy atom. The minimum absolute atomic E-state index is 0.287. The fourth-order valence-corrected chi connectivity index (χ4v) is 4.53. The lowest BCUT2D eigenvalue weighted by molar-refractivity contribution is 0.0697. The van der Waals surface area contributed by atoms with Gasteiger partial charge in [0.25, 0.3) is 0 Å². The summed E-state index contributed by atoms with van der Waals surface area (Å²) in [5, 5.41) is 9.24. The van der Waals surface area contributed by atoms with Crippen LogP contribution in [0.4, 0.5) is 0 Å². The molecule has 1 saturated heterocycles. The van der Waals surface area contributed by atoms with Gasteiger partial charge in [0.15, 0.2) is 11.5 Å². The van der Waals surface area contributed by atoms with Crippen LogP contribution >= 0.6 is 0 Å². The van der Waals surface area contributed by atoms with Crippen LogP contribution in [-0.2, 0) is 13.6 Å². The zero-order valence-electron chi connectivity index (χ0n) is 17.0. The van der Waals surface area contributed by atoms with Crippen molar-refractivity contribution in [1.82, 2.24) is 14.5 Å². The van der Waals surface area contributed by atoms with Gasteiger partial charge in [-0.3, -0.25) is 4.90 Å². The van der Waals surface area contributed by atoms with E-state index in [4.69, 9.17) is 14.5 Å². The third-order valence-corrected chi connectivity index (χ3v) is 6.21. The van der Waals surface area contributed by atoms with E-state index in [1.54, 1.807) is 18.2 Å². The van der Waals surface area contributed by atoms with Gasteiger partial charge in [-0.2, -0.15) is 0 Å². The van der Waals surface area contributed by atoms with E-state index in [0.29, 0.717) is 19.1 Å². The topological polar surface area (TPSA) is 76.8 Å². The summed E-state index contributed by atoms with van der Waals surface area (Å²) in [7, 11) is 1.95. The number of hydrogen-bond donors (Lipinski definition) is 1. The second-order valence-corrected chi connectivity index (χ2v) is 8.02. The minimum Gasteiger partial charge on any atom is -0.486 e. The van der Waals surface area contributed by atoms with E-state index in [-0.39, 0.29) is 5.56 Å². The number of carboxylic acid groups (broad SMARTS) is 1. The van der Waals surface area contributed by atoms with Crippen molar-refractivity contribution in [3.63, 3.8) is 0 Å². The number of imidazole rings is 1. The van der Waals surface area contributed by atoms with Crippen LogP contribution < -0.4 is 9.47 Å². The number of carboxylic acids is 1. The number of aromatic nitrogens is 2. The lowest BCUT2D eigenvalue weighted by Crippen LogP contribution is -2.33. The first-order chi connectivity index (χ1) is 14.6. The van der Waals surface area contributed by atoms with Crippen LogP contribution in [0.3, 0.4) is 0 Å². The van der Waals surface area contributed by atoms with Crippen LogP contribution in [0, 0.1) is 0 Å². The molecule has 0 saturated carbocycles. The number of hydrogen-bond acceptors (Lipinski definition) is 5. The van der Waals surface area contributed by atoms with Gasteiger partial charge in [0, 0.05) is 12.6 Å². The molecule has 1 fully saturated rings. The van der Waals surface area contributed by atoms with Gasteiger partial charge in [-0.05, 0) is 56.1 Å². The van der Waals surface area contributed by atoms with Gasteiger partial charge >= 0.3 is 5.97 Å². The van der Waals surface area contributed by atoms with Crippen molar-refractivity contribution in [2.24, 2.45) is 7.05 Å². The number of aromatic carboxylic acids is 1. The summed E-state index contributed by atoms with van der Waals surface area (Å²) in [5.41, 5.74) is 3.24. The molecule has 0 bridgehead atoms. The lowest BCUT2D eigenvalue weighted by atomic mass is 9.88. The maximum absolute atomic E-state index is 11.3. The third-order valence-electron chi connectivity index (χ3n) is 6.21. The van der Waals surface area contributed by atoms with E-state index in [2.05, 4.69) is 17.0 Å². The summed E-state index contributed by atoms with van der Waals surface area (Å²) in [5.74, 6) is 2.30. The molecule has 7 nitrogen and oxygen atoms in total. The first kappa shape index (κ1) is 18.9. The van der Waals surface area contributed by atoms with Crippen LogP contribution in [0.25, 0.3) is 11.0 Å². The molecule has 2 aliphatic rings. The number of rotatable bonds is 4. The number of carbonyl (C=O) groups is 1. The van der Waals surface area contributed by atoms with Crippen LogP contribution in [0.2, 0.25) is 0 Å². The minimum atomic E-state index is -0.917. The molecule has 0 atom stereocenters. The maximum Gasteiger partial charge on any atom is 0.335 e. The van der Waals surface area contributed by atoms with Gasteiger partial charge in [0.1, 0.15) is 19.0 Å². The molecule has 30 heavy (non-hydrogen) atoms. The molecule has 0 unspecified atom stereocenters. The summed E-state index contributed by atoms with van der Waals surface area (Å²) in [6.07, 6.45) is 2.12. The molecular formula is C23H25N3O4. The molecule has 1 N–H and O–H groups in total. The average molecular weight is 407 g/mol. The lowest BCUT2D eigenvalue weighted by Gasteiger charge is -2.33. The SMILES string of the molecule is Cn1c(CN2CCC(c3cccc4c3OCCO4)CC2)nc2ccc(C(=O)O)cc21. The molecule has 0 amide bonds. The van der Waals surface area contributed by atoms with Gasteiger partial charge < -0.3 is 19.1 Å². The molecule has 3 heterocycles. The fraction of sp³-hybridized carbons (Fsp3) is 0.391. The van der Waals surface area contributed by atoms with Crippen molar-refractivity contribution in [1.29, 1.82) is 0 Å². The number of fused-ring (bicyclic) bond motifs is 2. The van der Waals surface area contributed by atoms with Crippen LogP contribution in [-0.4, -0.2) is 51.8 Å². The van der Waals surface area contributed by atoms with Crippen molar-refractivity contribution < 1.29 is 19.4 Å². The predicted octanol–water partition coefficient (Wildman–Crippen LogP) is 3.42. The summed E-state index contributed by atoms with van der Waals surface area (Å²) in [6.45, 7) is 3.95. The fourth-order valence-electron chi connectivity index (χ4n) is 4.53. The Labute approximate surface area is 174 Å². The van der Waals surface area contributed by atoms with Crippen molar-refractivity contribution in [2.45, 2.75) is 25.3 Å². The zero-order chi connectivity index (χ0) is 20.7. The summed E-state index contributed by atoms with van der Waals surface area (Å²) in [6, 6.07) is 11.3. The average Bonchev–Trinajstić information content (AvgIpc) is 3.08. The Morgan fingerprint density at radius 3 is 2.77 bits per heavy atom. The normalized spacial score (nSPS) is 17.4.